The SMILES string of the molecule is C=C(C)C(C)CCC1(C)C(Cl)C(O)CC2(C)C(C=O)C(C=O)=CCC21. The molecular weight excluding hydrogens is 336 g/mol. The van der Waals surface area contributed by atoms with Gasteiger partial charge in [-0.3, -0.25) is 4.79 Å². The quantitative estimate of drug-likeness (QED) is 0.432. The van der Waals surface area contributed by atoms with E-state index in [0.717, 1.165) is 37.4 Å². The van der Waals surface area contributed by atoms with Gasteiger partial charge in [0.2, 0.25) is 0 Å². The van der Waals surface area contributed by atoms with Crippen LogP contribution in [0.2, 0.25) is 0 Å². The van der Waals surface area contributed by atoms with Crippen LogP contribution in [0.25, 0.3) is 0 Å². The van der Waals surface area contributed by atoms with Crippen molar-refractivity contribution in [2.45, 2.75) is 64.9 Å². The number of halogens is 1. The zero-order valence-corrected chi connectivity index (χ0v) is 16.6. The number of aliphatic hydroxyl groups excluding tert-OH is 1. The maximum atomic E-state index is 11.8. The summed E-state index contributed by atoms with van der Waals surface area (Å²) in [6, 6.07) is 0. The van der Waals surface area contributed by atoms with Crippen LogP contribution in [0.5, 0.6) is 0 Å². The molecule has 2 aliphatic rings. The lowest BCUT2D eigenvalue weighted by molar-refractivity contribution is -0.131. The van der Waals surface area contributed by atoms with E-state index in [1.807, 2.05) is 19.9 Å². The van der Waals surface area contributed by atoms with Crippen molar-refractivity contribution in [2.75, 3.05) is 0 Å². The zero-order valence-electron chi connectivity index (χ0n) is 15.8. The second-order valence-corrected chi connectivity index (χ2v) is 9.17. The lowest BCUT2D eigenvalue weighted by Crippen LogP contribution is -2.59. The van der Waals surface area contributed by atoms with Crippen LogP contribution < -0.4 is 0 Å². The fourth-order valence-corrected chi connectivity index (χ4v) is 5.52. The molecule has 0 radical (unpaired) electrons. The highest BCUT2D eigenvalue weighted by molar-refractivity contribution is 6.21. The van der Waals surface area contributed by atoms with Crippen LogP contribution in [0.3, 0.4) is 0 Å². The molecule has 7 atom stereocenters. The van der Waals surface area contributed by atoms with E-state index in [1.54, 1.807) is 0 Å². The molecule has 0 aromatic heterocycles. The third-order valence-electron chi connectivity index (χ3n) is 7.10. The van der Waals surface area contributed by atoms with Gasteiger partial charge >= 0.3 is 0 Å². The minimum absolute atomic E-state index is 0.155. The molecule has 7 unspecified atom stereocenters. The molecule has 2 aliphatic carbocycles. The number of carbonyl (C=O) groups excluding carboxylic acids is 2. The highest BCUT2D eigenvalue weighted by Crippen LogP contribution is 2.62. The van der Waals surface area contributed by atoms with Crippen LogP contribution in [-0.2, 0) is 9.59 Å². The van der Waals surface area contributed by atoms with Gasteiger partial charge in [-0.25, -0.2) is 0 Å². The highest BCUT2D eigenvalue weighted by Gasteiger charge is 2.59. The molecule has 0 aliphatic heterocycles. The average Bonchev–Trinajstić information content (AvgIpc) is 2.56. The Kier molecular flexibility index (Phi) is 6.00. The predicted octanol–water partition coefficient (Wildman–Crippen LogP) is 4.32. The van der Waals surface area contributed by atoms with E-state index >= 15 is 0 Å². The smallest absolute Gasteiger partial charge is 0.146 e. The van der Waals surface area contributed by atoms with Gasteiger partial charge < -0.3 is 9.90 Å². The molecule has 1 fully saturated rings. The van der Waals surface area contributed by atoms with Gasteiger partial charge in [0.25, 0.3) is 0 Å². The Labute approximate surface area is 156 Å². The Morgan fingerprint density at radius 2 is 2.12 bits per heavy atom. The van der Waals surface area contributed by atoms with Crippen molar-refractivity contribution in [3.8, 4) is 0 Å². The molecule has 4 heteroatoms. The molecule has 1 N–H and O–H groups in total. The van der Waals surface area contributed by atoms with Crippen molar-refractivity contribution in [1.29, 1.82) is 0 Å². The Hall–Kier alpha value is -0.930. The van der Waals surface area contributed by atoms with E-state index in [0.29, 0.717) is 17.9 Å². The monoisotopic (exact) mass is 366 g/mol. The van der Waals surface area contributed by atoms with Crippen molar-refractivity contribution in [3.63, 3.8) is 0 Å². The van der Waals surface area contributed by atoms with Crippen molar-refractivity contribution in [1.82, 2.24) is 0 Å². The number of hydrogen-bond acceptors (Lipinski definition) is 3. The average molecular weight is 367 g/mol. The third-order valence-corrected chi connectivity index (χ3v) is 7.89. The second kappa shape index (κ2) is 7.36. The standard InChI is InChI=1S/C21H31ClO3/c1-13(2)14(3)8-9-20(4)18-7-6-15(11-23)16(12-24)21(18,5)10-17(25)19(20)22/h6,11-12,14,16-19,25H,1,7-10H2,2-5H3. The highest BCUT2D eigenvalue weighted by atomic mass is 35.5. The summed E-state index contributed by atoms with van der Waals surface area (Å²) in [5.41, 5.74) is 0.945. The fourth-order valence-electron chi connectivity index (χ4n) is 5.17. The molecule has 0 spiro atoms. The van der Waals surface area contributed by atoms with Crippen LogP contribution in [0, 0.1) is 28.6 Å². The van der Waals surface area contributed by atoms with Crippen molar-refractivity contribution < 1.29 is 14.7 Å². The number of fused-ring (bicyclic) bond motifs is 1. The molecule has 0 saturated heterocycles. The second-order valence-electron chi connectivity index (χ2n) is 8.69. The lowest BCUT2D eigenvalue weighted by Gasteiger charge is -2.59. The van der Waals surface area contributed by atoms with Crippen LogP contribution in [0.1, 0.15) is 53.4 Å². The summed E-state index contributed by atoms with van der Waals surface area (Å²) in [7, 11) is 0. The van der Waals surface area contributed by atoms with Gasteiger partial charge in [-0.05, 0) is 60.8 Å². The summed E-state index contributed by atoms with van der Waals surface area (Å²) < 4.78 is 0. The van der Waals surface area contributed by atoms with E-state index in [9.17, 15) is 14.7 Å². The number of aldehydes is 2. The molecule has 140 valence electrons. The summed E-state index contributed by atoms with van der Waals surface area (Å²) in [5.74, 6) is 0.0696. The van der Waals surface area contributed by atoms with Gasteiger partial charge in [0.1, 0.15) is 12.6 Å². The minimum Gasteiger partial charge on any atom is -0.392 e. The molecule has 1 saturated carbocycles. The van der Waals surface area contributed by atoms with Gasteiger partial charge in [0, 0.05) is 5.92 Å². The first-order chi connectivity index (χ1) is 11.6. The minimum atomic E-state index is -0.679. The molecule has 25 heavy (non-hydrogen) atoms. The van der Waals surface area contributed by atoms with E-state index < -0.39 is 17.4 Å². The van der Waals surface area contributed by atoms with Crippen molar-refractivity contribution in [2.24, 2.45) is 28.6 Å². The summed E-state index contributed by atoms with van der Waals surface area (Å²) in [6.45, 7) is 12.4. The number of aliphatic hydroxyl groups is 1. The van der Waals surface area contributed by atoms with E-state index in [2.05, 4.69) is 20.4 Å². The van der Waals surface area contributed by atoms with E-state index in [1.165, 1.54) is 0 Å². The molecule has 0 heterocycles. The Morgan fingerprint density at radius 1 is 1.48 bits per heavy atom. The Morgan fingerprint density at radius 3 is 2.64 bits per heavy atom. The summed E-state index contributed by atoms with van der Waals surface area (Å²) >= 11 is 6.73. The van der Waals surface area contributed by atoms with Crippen LogP contribution in [-0.4, -0.2) is 29.2 Å². The predicted molar refractivity (Wildman–Crippen MR) is 101 cm³/mol. The van der Waals surface area contributed by atoms with Gasteiger partial charge in [-0.1, -0.05) is 39.0 Å². The molecule has 0 bridgehead atoms. The van der Waals surface area contributed by atoms with Crippen molar-refractivity contribution >= 4 is 24.2 Å². The molecular formula is C21H31ClO3. The Bertz CT molecular complexity index is 584. The molecule has 3 nitrogen and oxygen atoms in total. The van der Waals surface area contributed by atoms with Gasteiger partial charge in [0.15, 0.2) is 0 Å². The van der Waals surface area contributed by atoms with Crippen molar-refractivity contribution in [3.05, 3.63) is 23.8 Å². The molecule has 0 amide bonds. The first-order valence-corrected chi connectivity index (χ1v) is 9.63. The number of rotatable bonds is 6. The first-order valence-electron chi connectivity index (χ1n) is 9.19. The number of carbonyl (C=O) groups is 2. The third kappa shape index (κ3) is 3.38. The molecule has 0 aromatic rings. The Balaban J connectivity index is 2.42. The van der Waals surface area contributed by atoms with Crippen LogP contribution in [0.15, 0.2) is 23.8 Å². The van der Waals surface area contributed by atoms with Gasteiger partial charge in [-0.15, -0.1) is 11.6 Å². The molecule has 0 aromatic carbocycles. The maximum absolute atomic E-state index is 11.8. The van der Waals surface area contributed by atoms with Gasteiger partial charge in [-0.2, -0.15) is 0 Å². The number of alkyl halides is 1. The number of hydrogen-bond donors (Lipinski definition) is 1. The van der Waals surface area contributed by atoms with Crippen LogP contribution in [0.4, 0.5) is 0 Å². The topological polar surface area (TPSA) is 54.4 Å². The van der Waals surface area contributed by atoms with E-state index in [4.69, 9.17) is 11.6 Å². The largest absolute Gasteiger partial charge is 0.392 e. The summed E-state index contributed by atoms with van der Waals surface area (Å²) in [6.07, 6.45) is 5.88. The summed E-state index contributed by atoms with van der Waals surface area (Å²) in [5, 5.41) is 10.3. The zero-order chi connectivity index (χ0) is 19.0. The molecule has 2 rings (SSSR count). The summed E-state index contributed by atoms with van der Waals surface area (Å²) in [4.78, 5) is 23.2. The van der Waals surface area contributed by atoms with E-state index in [-0.39, 0.29) is 16.7 Å². The number of allylic oxidation sites excluding steroid dienone is 3. The first kappa shape index (κ1) is 20.4. The lowest BCUT2D eigenvalue weighted by atomic mass is 9.46. The van der Waals surface area contributed by atoms with Gasteiger partial charge in [0.05, 0.1) is 11.5 Å². The normalized spacial score (nSPS) is 42.1. The van der Waals surface area contributed by atoms with Crippen LogP contribution >= 0.6 is 11.6 Å². The fraction of sp³-hybridized carbons (Fsp3) is 0.714. The maximum Gasteiger partial charge on any atom is 0.146 e.